The molecule has 0 aromatic heterocycles. The lowest BCUT2D eigenvalue weighted by molar-refractivity contribution is -0.147. The molecule has 4 rings (SSSR count). The molecule has 0 bridgehead atoms. The van der Waals surface area contributed by atoms with Crippen molar-refractivity contribution in [3.05, 3.63) is 41.5 Å². The first kappa shape index (κ1) is 17.3. The zero-order valence-corrected chi connectivity index (χ0v) is 15.2. The fourth-order valence-electron chi connectivity index (χ4n) is 3.78. The Morgan fingerprint density at radius 1 is 1.23 bits per heavy atom. The average molecular weight is 375 g/mol. The largest absolute Gasteiger partial charge is 0.466 e. The Labute approximate surface area is 152 Å². The summed E-state index contributed by atoms with van der Waals surface area (Å²) in [6.45, 7) is 2.11. The predicted octanol–water partition coefficient (Wildman–Crippen LogP) is 1.29. The van der Waals surface area contributed by atoms with Crippen LogP contribution in [-0.2, 0) is 32.4 Å². The van der Waals surface area contributed by atoms with E-state index < -0.39 is 27.3 Å². The molecule has 1 aliphatic heterocycles. The molecule has 26 heavy (non-hydrogen) atoms. The van der Waals surface area contributed by atoms with Gasteiger partial charge in [0.15, 0.2) is 5.37 Å². The highest BCUT2D eigenvalue weighted by Crippen LogP contribution is 2.35. The number of hydrogen-bond donors (Lipinski definition) is 3. The highest BCUT2D eigenvalue weighted by Gasteiger charge is 2.43. The fraction of sp³-hybridized carbons (Fsp3) is 0.389. The third-order valence-electron chi connectivity index (χ3n) is 4.98. The molecule has 2 unspecified atom stereocenters. The van der Waals surface area contributed by atoms with Gasteiger partial charge in [-0.2, -0.15) is 0 Å². The maximum Gasteiger partial charge on any atom is 0.313 e. The summed E-state index contributed by atoms with van der Waals surface area (Å²) in [5, 5.41) is 0.927. The topological polar surface area (TPSA) is 96.5 Å². The van der Waals surface area contributed by atoms with Gasteiger partial charge in [0.2, 0.25) is 0 Å². The van der Waals surface area contributed by atoms with Crippen molar-refractivity contribution < 1.29 is 17.9 Å². The number of ether oxygens (including phenoxy) is 1. The summed E-state index contributed by atoms with van der Waals surface area (Å²) >= 11 is 0. The van der Waals surface area contributed by atoms with E-state index in [0.717, 1.165) is 23.6 Å². The number of carbonyl (C=O) groups is 1. The van der Waals surface area contributed by atoms with E-state index in [1.807, 2.05) is 18.2 Å². The number of benzene rings is 2. The number of sulfonamides is 1. The third-order valence-corrected chi connectivity index (χ3v) is 6.60. The molecule has 0 amide bonds. The summed E-state index contributed by atoms with van der Waals surface area (Å²) in [6, 6.07) is 9.72. The van der Waals surface area contributed by atoms with Gasteiger partial charge in [-0.15, -0.1) is 0 Å². The third kappa shape index (κ3) is 2.84. The summed E-state index contributed by atoms with van der Waals surface area (Å²) in [4.78, 5) is 12.1. The van der Waals surface area contributed by atoms with Crippen LogP contribution in [-0.4, -0.2) is 32.9 Å². The number of carbonyl (C=O) groups excluding carboxylic acids is 1. The first-order valence-electron chi connectivity index (χ1n) is 8.71. The van der Waals surface area contributed by atoms with E-state index in [2.05, 4.69) is 21.6 Å². The van der Waals surface area contributed by atoms with Crippen LogP contribution in [0.15, 0.2) is 30.3 Å². The number of rotatable bonds is 5. The minimum absolute atomic E-state index is 0.203. The maximum absolute atomic E-state index is 12.9. The Hall–Kier alpha value is -2.16. The molecule has 1 aliphatic carbocycles. The zero-order valence-electron chi connectivity index (χ0n) is 14.4. The van der Waals surface area contributed by atoms with Crippen LogP contribution in [0.4, 0.5) is 5.69 Å². The second-order valence-corrected chi connectivity index (χ2v) is 8.37. The van der Waals surface area contributed by atoms with Crippen LogP contribution in [0.3, 0.4) is 0 Å². The fourth-order valence-corrected chi connectivity index (χ4v) is 5.27. The van der Waals surface area contributed by atoms with Crippen molar-refractivity contribution in [2.24, 2.45) is 5.92 Å². The van der Waals surface area contributed by atoms with Crippen molar-refractivity contribution in [2.75, 3.05) is 17.9 Å². The quantitative estimate of drug-likeness (QED) is 0.682. The van der Waals surface area contributed by atoms with Crippen LogP contribution in [0.25, 0.3) is 10.8 Å². The van der Waals surface area contributed by atoms with E-state index in [-0.39, 0.29) is 13.2 Å². The SMILES string of the molecule is CCOC(=O)C1CNNC1S(=O)(=O)Nc1ccc2c3c(cccc13)CC2. The molecular weight excluding hydrogens is 354 g/mol. The zero-order chi connectivity index (χ0) is 18.3. The lowest BCUT2D eigenvalue weighted by Crippen LogP contribution is -2.44. The summed E-state index contributed by atoms with van der Waals surface area (Å²) in [7, 11) is -3.85. The van der Waals surface area contributed by atoms with Crippen LogP contribution in [0.2, 0.25) is 0 Å². The molecule has 7 nitrogen and oxygen atoms in total. The Morgan fingerprint density at radius 2 is 2.00 bits per heavy atom. The Kier molecular flexibility index (Phi) is 4.34. The number of hydrogen-bond acceptors (Lipinski definition) is 6. The van der Waals surface area contributed by atoms with Gasteiger partial charge >= 0.3 is 5.97 Å². The van der Waals surface area contributed by atoms with Crippen LogP contribution in [0.1, 0.15) is 18.1 Å². The van der Waals surface area contributed by atoms with E-state index in [0.29, 0.717) is 5.69 Å². The average Bonchev–Trinajstić information content (AvgIpc) is 3.26. The van der Waals surface area contributed by atoms with Gasteiger partial charge in [-0.1, -0.05) is 24.3 Å². The van der Waals surface area contributed by atoms with Crippen LogP contribution in [0.5, 0.6) is 0 Å². The maximum atomic E-state index is 12.9. The molecule has 138 valence electrons. The Balaban J connectivity index is 1.67. The van der Waals surface area contributed by atoms with E-state index >= 15 is 0 Å². The molecule has 1 heterocycles. The van der Waals surface area contributed by atoms with Gasteiger partial charge in [0.05, 0.1) is 12.3 Å². The van der Waals surface area contributed by atoms with Crippen molar-refractivity contribution in [3.8, 4) is 0 Å². The van der Waals surface area contributed by atoms with E-state index in [4.69, 9.17) is 4.74 Å². The van der Waals surface area contributed by atoms with Gasteiger partial charge in [0.25, 0.3) is 10.0 Å². The highest BCUT2D eigenvalue weighted by atomic mass is 32.2. The monoisotopic (exact) mass is 375 g/mol. The van der Waals surface area contributed by atoms with Crippen molar-refractivity contribution in [2.45, 2.75) is 25.1 Å². The minimum atomic E-state index is -3.85. The van der Waals surface area contributed by atoms with Crippen LogP contribution in [0, 0.1) is 5.92 Å². The van der Waals surface area contributed by atoms with Crippen LogP contribution < -0.4 is 15.6 Å². The smallest absolute Gasteiger partial charge is 0.313 e. The highest BCUT2D eigenvalue weighted by molar-refractivity contribution is 7.93. The van der Waals surface area contributed by atoms with Crippen molar-refractivity contribution in [1.29, 1.82) is 0 Å². The van der Waals surface area contributed by atoms with Crippen LogP contribution >= 0.6 is 0 Å². The second kappa shape index (κ2) is 6.53. The van der Waals surface area contributed by atoms with E-state index in [1.165, 1.54) is 11.1 Å². The molecule has 2 aromatic rings. The van der Waals surface area contributed by atoms with Gasteiger partial charge < -0.3 is 4.74 Å². The summed E-state index contributed by atoms with van der Waals surface area (Å²) < 4.78 is 33.5. The summed E-state index contributed by atoms with van der Waals surface area (Å²) in [6.07, 6.45) is 1.95. The van der Waals surface area contributed by atoms with Gasteiger partial charge in [0, 0.05) is 11.9 Å². The number of anilines is 1. The van der Waals surface area contributed by atoms with E-state index in [1.54, 1.807) is 13.0 Å². The first-order chi connectivity index (χ1) is 12.5. The lowest BCUT2D eigenvalue weighted by atomic mass is 10.0. The molecule has 8 heteroatoms. The van der Waals surface area contributed by atoms with Gasteiger partial charge in [-0.3, -0.25) is 14.9 Å². The number of aryl methyl sites for hydroxylation is 2. The first-order valence-corrected chi connectivity index (χ1v) is 10.3. The second-order valence-electron chi connectivity index (χ2n) is 6.56. The molecular formula is C18H21N3O4S. The summed E-state index contributed by atoms with van der Waals surface area (Å²) in [5.41, 5.74) is 8.45. The molecule has 3 N–H and O–H groups in total. The molecule has 0 saturated carbocycles. The predicted molar refractivity (Wildman–Crippen MR) is 98.9 cm³/mol. The molecule has 1 fully saturated rings. The van der Waals surface area contributed by atoms with Gasteiger partial charge in [-0.25, -0.2) is 13.8 Å². The molecule has 1 saturated heterocycles. The molecule has 2 atom stereocenters. The molecule has 0 spiro atoms. The van der Waals surface area contributed by atoms with Gasteiger partial charge in [0.1, 0.15) is 5.92 Å². The Morgan fingerprint density at radius 3 is 2.77 bits per heavy atom. The Bertz CT molecular complexity index is 964. The van der Waals surface area contributed by atoms with Crippen molar-refractivity contribution >= 4 is 32.5 Å². The number of hydrazine groups is 1. The summed E-state index contributed by atoms with van der Waals surface area (Å²) in [5.74, 6) is -1.33. The van der Waals surface area contributed by atoms with Gasteiger partial charge in [-0.05, 0) is 42.3 Å². The number of esters is 1. The standard InChI is InChI=1S/C18H21N3O4S/c1-2-25-18(22)14-10-19-20-17(14)26(23,24)21-15-9-8-12-7-6-11-4-3-5-13(15)16(11)12/h3-5,8-9,14,17,19-21H,2,6-7,10H2,1H3. The van der Waals surface area contributed by atoms with Crippen molar-refractivity contribution in [1.82, 2.24) is 10.9 Å². The van der Waals surface area contributed by atoms with E-state index in [9.17, 15) is 13.2 Å². The van der Waals surface area contributed by atoms with Crippen molar-refractivity contribution in [3.63, 3.8) is 0 Å². The normalized spacial score (nSPS) is 21.9. The molecule has 2 aliphatic rings. The molecule has 2 aromatic carbocycles. The lowest BCUT2D eigenvalue weighted by Gasteiger charge is -2.19. The molecule has 0 radical (unpaired) electrons. The number of nitrogens with one attached hydrogen (secondary N) is 3. The minimum Gasteiger partial charge on any atom is -0.466 e.